The molecule has 0 aliphatic heterocycles. The van der Waals surface area contributed by atoms with Gasteiger partial charge < -0.3 is 10.2 Å². The summed E-state index contributed by atoms with van der Waals surface area (Å²) in [5.74, 6) is 0. The third-order valence-corrected chi connectivity index (χ3v) is 1.35. The normalized spacial score (nSPS) is 12.1. The molecule has 2 N–H and O–H groups in total. The molecule has 0 saturated heterocycles. The van der Waals surface area contributed by atoms with Gasteiger partial charge >= 0.3 is 0 Å². The topological polar surface area (TPSA) is 40.5 Å². The van der Waals surface area contributed by atoms with Crippen LogP contribution in [0.25, 0.3) is 0 Å². The van der Waals surface area contributed by atoms with Crippen LogP contribution in [0.2, 0.25) is 0 Å². The van der Waals surface area contributed by atoms with Crippen molar-refractivity contribution in [1.29, 1.82) is 0 Å². The van der Waals surface area contributed by atoms with E-state index in [9.17, 15) is 0 Å². The fourth-order valence-corrected chi connectivity index (χ4v) is 0.669. The minimum absolute atomic E-state index is 0.152. The zero-order valence-electron chi connectivity index (χ0n) is 6.51. The largest absolute Gasteiger partial charge is 0.396 e. The van der Waals surface area contributed by atoms with Crippen molar-refractivity contribution in [2.24, 2.45) is 0 Å². The highest BCUT2D eigenvalue weighted by Gasteiger charge is 1.85. The predicted molar refractivity (Wildman–Crippen MR) is 41.8 cm³/mol. The summed E-state index contributed by atoms with van der Waals surface area (Å²) >= 11 is 0. The summed E-state index contributed by atoms with van der Waals surface area (Å²) in [6.07, 6.45) is 4.84. The third-order valence-electron chi connectivity index (χ3n) is 1.35. The quantitative estimate of drug-likeness (QED) is 0.448. The Kier molecular flexibility index (Phi) is 6.55. The van der Waals surface area contributed by atoms with Gasteiger partial charge in [-0.15, -0.1) is 0 Å². The molecule has 60 valence electrons. The van der Waals surface area contributed by atoms with Crippen LogP contribution in [-0.4, -0.2) is 23.4 Å². The van der Waals surface area contributed by atoms with Crippen LogP contribution in [0, 0.1) is 0 Å². The summed E-state index contributed by atoms with van der Waals surface area (Å²) in [5, 5.41) is 17.0. The van der Waals surface area contributed by atoms with Gasteiger partial charge in [0, 0.05) is 6.61 Å². The number of rotatable bonds is 5. The summed E-state index contributed by atoms with van der Waals surface area (Å²) < 4.78 is 0. The van der Waals surface area contributed by atoms with Gasteiger partial charge in [-0.1, -0.05) is 11.6 Å². The van der Waals surface area contributed by atoms with E-state index in [1.54, 1.807) is 0 Å². The first kappa shape index (κ1) is 9.66. The Balaban J connectivity index is 3.16. The van der Waals surface area contributed by atoms with Crippen molar-refractivity contribution in [3.05, 3.63) is 11.6 Å². The second kappa shape index (κ2) is 6.78. The molecule has 0 rings (SSSR count). The van der Waals surface area contributed by atoms with Crippen molar-refractivity contribution in [3.63, 3.8) is 0 Å². The fourth-order valence-electron chi connectivity index (χ4n) is 0.669. The van der Waals surface area contributed by atoms with E-state index in [0.29, 0.717) is 0 Å². The average Bonchev–Trinajstić information content (AvgIpc) is 1.98. The zero-order chi connectivity index (χ0) is 7.82. The van der Waals surface area contributed by atoms with Crippen LogP contribution in [0.4, 0.5) is 0 Å². The smallest absolute Gasteiger partial charge is 0.0639 e. The first-order valence-corrected chi connectivity index (χ1v) is 3.68. The maximum absolute atomic E-state index is 8.57. The maximum Gasteiger partial charge on any atom is 0.0639 e. The summed E-state index contributed by atoms with van der Waals surface area (Å²) in [4.78, 5) is 0. The summed E-state index contributed by atoms with van der Waals surface area (Å²) in [6, 6.07) is 0. The Bertz CT molecular complexity index is 97.4. The molecule has 0 bridgehead atoms. The molecule has 0 heterocycles. The van der Waals surface area contributed by atoms with Gasteiger partial charge in [-0.25, -0.2) is 0 Å². The molecule has 0 aliphatic carbocycles. The van der Waals surface area contributed by atoms with Gasteiger partial charge in [0.1, 0.15) is 0 Å². The Morgan fingerprint density at radius 1 is 1.30 bits per heavy atom. The lowest BCUT2D eigenvalue weighted by Gasteiger charge is -1.94. The van der Waals surface area contributed by atoms with E-state index in [4.69, 9.17) is 10.2 Å². The van der Waals surface area contributed by atoms with Gasteiger partial charge in [0.25, 0.3) is 0 Å². The van der Waals surface area contributed by atoms with E-state index in [0.717, 1.165) is 24.8 Å². The SMILES string of the molecule is C/C(=C\CCCCO)CO. The van der Waals surface area contributed by atoms with Gasteiger partial charge in [0.05, 0.1) is 6.61 Å². The second-order valence-electron chi connectivity index (χ2n) is 2.43. The van der Waals surface area contributed by atoms with Gasteiger partial charge in [0.15, 0.2) is 0 Å². The summed E-state index contributed by atoms with van der Waals surface area (Å²) in [5.41, 5.74) is 1.01. The molecule has 0 amide bonds. The lowest BCUT2D eigenvalue weighted by molar-refractivity contribution is 0.285. The molecule has 2 heteroatoms. The van der Waals surface area contributed by atoms with Crippen molar-refractivity contribution in [1.82, 2.24) is 0 Å². The van der Waals surface area contributed by atoms with E-state index in [1.165, 1.54) is 0 Å². The summed E-state index contributed by atoms with van der Waals surface area (Å²) in [7, 11) is 0. The Hall–Kier alpha value is -0.340. The minimum atomic E-state index is 0.152. The first-order chi connectivity index (χ1) is 4.81. The maximum atomic E-state index is 8.57. The second-order valence-corrected chi connectivity index (χ2v) is 2.43. The molecule has 0 atom stereocenters. The number of aliphatic hydroxyl groups is 2. The standard InChI is InChI=1S/C8H16O2/c1-8(7-10)5-3-2-4-6-9/h5,9-10H,2-4,6-7H2,1H3/b8-5+. The van der Waals surface area contributed by atoms with Crippen molar-refractivity contribution in [3.8, 4) is 0 Å². The van der Waals surface area contributed by atoms with Crippen LogP contribution < -0.4 is 0 Å². The molecule has 0 aromatic carbocycles. The number of unbranched alkanes of at least 4 members (excludes halogenated alkanes) is 2. The predicted octanol–water partition coefficient (Wildman–Crippen LogP) is 1.09. The Morgan fingerprint density at radius 2 is 2.00 bits per heavy atom. The van der Waals surface area contributed by atoms with Gasteiger partial charge in [-0.3, -0.25) is 0 Å². The van der Waals surface area contributed by atoms with Crippen LogP contribution >= 0.6 is 0 Å². The van der Waals surface area contributed by atoms with Gasteiger partial charge in [0.2, 0.25) is 0 Å². The van der Waals surface area contributed by atoms with Crippen molar-refractivity contribution < 1.29 is 10.2 Å². The number of hydrogen-bond donors (Lipinski definition) is 2. The lowest BCUT2D eigenvalue weighted by Crippen LogP contribution is -1.85. The highest BCUT2D eigenvalue weighted by molar-refractivity contribution is 4.97. The van der Waals surface area contributed by atoms with E-state index >= 15 is 0 Å². The minimum Gasteiger partial charge on any atom is -0.396 e. The lowest BCUT2D eigenvalue weighted by atomic mass is 10.2. The highest BCUT2D eigenvalue weighted by atomic mass is 16.3. The molecule has 0 unspecified atom stereocenters. The van der Waals surface area contributed by atoms with E-state index < -0.39 is 0 Å². The molecule has 0 aromatic heterocycles. The molecule has 0 spiro atoms. The van der Waals surface area contributed by atoms with Crippen LogP contribution in [0.15, 0.2) is 11.6 Å². The van der Waals surface area contributed by atoms with Gasteiger partial charge in [-0.2, -0.15) is 0 Å². The third kappa shape index (κ3) is 5.79. The number of allylic oxidation sites excluding steroid dienone is 1. The van der Waals surface area contributed by atoms with Crippen LogP contribution in [-0.2, 0) is 0 Å². The Morgan fingerprint density at radius 3 is 2.50 bits per heavy atom. The van der Waals surface area contributed by atoms with Gasteiger partial charge in [-0.05, 0) is 26.2 Å². The number of aliphatic hydroxyl groups excluding tert-OH is 2. The monoisotopic (exact) mass is 144 g/mol. The van der Waals surface area contributed by atoms with Crippen molar-refractivity contribution >= 4 is 0 Å². The van der Waals surface area contributed by atoms with Crippen LogP contribution in [0.3, 0.4) is 0 Å². The van der Waals surface area contributed by atoms with Crippen molar-refractivity contribution in [2.75, 3.05) is 13.2 Å². The molecule has 0 saturated carbocycles. The molecule has 0 aliphatic rings. The van der Waals surface area contributed by atoms with E-state index in [1.807, 2.05) is 13.0 Å². The molecule has 2 nitrogen and oxygen atoms in total. The molecule has 0 aromatic rings. The zero-order valence-corrected chi connectivity index (χ0v) is 6.51. The first-order valence-electron chi connectivity index (χ1n) is 3.68. The van der Waals surface area contributed by atoms with Crippen LogP contribution in [0.5, 0.6) is 0 Å². The molecule has 0 fully saturated rings. The molecule has 0 radical (unpaired) electrons. The molecule has 10 heavy (non-hydrogen) atoms. The fraction of sp³-hybridized carbons (Fsp3) is 0.750. The Labute approximate surface area is 62.2 Å². The van der Waals surface area contributed by atoms with E-state index in [-0.39, 0.29) is 13.2 Å². The summed E-state index contributed by atoms with van der Waals surface area (Å²) in [6.45, 7) is 2.32. The average molecular weight is 144 g/mol. The van der Waals surface area contributed by atoms with Crippen molar-refractivity contribution in [2.45, 2.75) is 26.2 Å². The van der Waals surface area contributed by atoms with E-state index in [2.05, 4.69) is 0 Å². The number of hydrogen-bond acceptors (Lipinski definition) is 2. The highest BCUT2D eigenvalue weighted by Crippen LogP contribution is 1.99. The molecular formula is C8H16O2. The molecular weight excluding hydrogens is 128 g/mol. The van der Waals surface area contributed by atoms with Crippen LogP contribution in [0.1, 0.15) is 26.2 Å².